The summed E-state index contributed by atoms with van der Waals surface area (Å²) in [4.78, 5) is 12.6. The molecule has 0 atom stereocenters. The van der Waals surface area contributed by atoms with Crippen molar-refractivity contribution in [3.63, 3.8) is 0 Å². The minimum Gasteiger partial charge on any atom is -0.350 e. The number of amides is 1. The second-order valence-corrected chi connectivity index (χ2v) is 6.82. The van der Waals surface area contributed by atoms with Crippen LogP contribution in [0.2, 0.25) is 0 Å². The first-order valence-corrected chi connectivity index (χ1v) is 8.92. The Hall–Kier alpha value is -2.14. The van der Waals surface area contributed by atoms with Crippen LogP contribution in [0.5, 0.6) is 0 Å². The van der Waals surface area contributed by atoms with Gasteiger partial charge in [0.2, 0.25) is 0 Å². The largest absolute Gasteiger partial charge is 0.350 e. The Morgan fingerprint density at radius 1 is 1.29 bits per heavy atom. The maximum Gasteiger partial charge on any atom is 0.272 e. The molecule has 0 bridgehead atoms. The molecular formula is C19H24N4O. The van der Waals surface area contributed by atoms with Gasteiger partial charge in [-0.1, -0.05) is 30.3 Å². The SMILES string of the molecule is O=C(NCCc1ccccc1)c1nn(CC2CC2)c2c1CNCC2. The van der Waals surface area contributed by atoms with Crippen LogP contribution in [-0.4, -0.2) is 28.8 Å². The summed E-state index contributed by atoms with van der Waals surface area (Å²) in [6.07, 6.45) is 4.40. The second-order valence-electron chi connectivity index (χ2n) is 6.82. The Morgan fingerprint density at radius 2 is 2.12 bits per heavy atom. The van der Waals surface area contributed by atoms with E-state index in [0.29, 0.717) is 12.2 Å². The van der Waals surface area contributed by atoms with E-state index in [4.69, 9.17) is 0 Å². The van der Waals surface area contributed by atoms with E-state index in [1.54, 1.807) is 0 Å². The van der Waals surface area contributed by atoms with Crippen LogP contribution < -0.4 is 10.6 Å². The topological polar surface area (TPSA) is 59.0 Å². The van der Waals surface area contributed by atoms with Crippen molar-refractivity contribution in [2.45, 2.75) is 38.8 Å². The normalized spacial score (nSPS) is 16.7. The zero-order valence-corrected chi connectivity index (χ0v) is 13.9. The predicted molar refractivity (Wildman–Crippen MR) is 92.8 cm³/mol. The van der Waals surface area contributed by atoms with E-state index in [0.717, 1.165) is 44.0 Å². The third kappa shape index (κ3) is 3.36. The predicted octanol–water partition coefficient (Wildman–Crippen LogP) is 1.91. The number of hydrogen-bond donors (Lipinski definition) is 2. The maximum absolute atomic E-state index is 12.6. The van der Waals surface area contributed by atoms with Crippen LogP contribution in [0.25, 0.3) is 0 Å². The maximum atomic E-state index is 12.6. The van der Waals surface area contributed by atoms with Gasteiger partial charge < -0.3 is 10.6 Å². The van der Waals surface area contributed by atoms with Crippen molar-refractivity contribution in [1.29, 1.82) is 0 Å². The van der Waals surface area contributed by atoms with Gasteiger partial charge in [0.25, 0.3) is 5.91 Å². The molecular weight excluding hydrogens is 300 g/mol. The summed E-state index contributed by atoms with van der Waals surface area (Å²) in [5, 5.41) is 11.1. The van der Waals surface area contributed by atoms with Gasteiger partial charge in [0.1, 0.15) is 0 Å². The number of aromatic nitrogens is 2. The fourth-order valence-corrected chi connectivity index (χ4v) is 3.35. The molecule has 0 saturated heterocycles. The van der Waals surface area contributed by atoms with Gasteiger partial charge in [-0.05, 0) is 30.7 Å². The lowest BCUT2D eigenvalue weighted by molar-refractivity contribution is 0.0947. The number of rotatable bonds is 6. The van der Waals surface area contributed by atoms with Crippen LogP contribution in [0.4, 0.5) is 0 Å². The van der Waals surface area contributed by atoms with Gasteiger partial charge in [0.05, 0.1) is 0 Å². The number of fused-ring (bicyclic) bond motifs is 1. The van der Waals surface area contributed by atoms with E-state index in [1.165, 1.54) is 24.1 Å². The highest BCUT2D eigenvalue weighted by atomic mass is 16.1. The van der Waals surface area contributed by atoms with Crippen molar-refractivity contribution >= 4 is 5.91 Å². The Labute approximate surface area is 142 Å². The smallest absolute Gasteiger partial charge is 0.272 e. The minimum absolute atomic E-state index is 0.0413. The number of carbonyl (C=O) groups is 1. The molecule has 1 fully saturated rings. The molecule has 1 saturated carbocycles. The number of benzene rings is 1. The van der Waals surface area contributed by atoms with Crippen molar-refractivity contribution in [3.8, 4) is 0 Å². The number of hydrogen-bond acceptors (Lipinski definition) is 3. The van der Waals surface area contributed by atoms with E-state index >= 15 is 0 Å². The molecule has 5 heteroatoms. The second kappa shape index (κ2) is 6.77. The van der Waals surface area contributed by atoms with Crippen LogP contribution in [0, 0.1) is 5.92 Å². The van der Waals surface area contributed by atoms with E-state index in [9.17, 15) is 4.79 Å². The van der Waals surface area contributed by atoms with Crippen LogP contribution in [0.1, 0.15) is 40.2 Å². The van der Waals surface area contributed by atoms with Gasteiger partial charge in [0, 0.05) is 43.9 Å². The summed E-state index contributed by atoms with van der Waals surface area (Å²) in [6, 6.07) is 10.2. The lowest BCUT2D eigenvalue weighted by Crippen LogP contribution is -2.29. The highest BCUT2D eigenvalue weighted by Gasteiger charge is 2.28. The molecule has 0 unspecified atom stereocenters. The minimum atomic E-state index is -0.0413. The third-order valence-corrected chi connectivity index (χ3v) is 4.89. The Balaban J connectivity index is 1.44. The van der Waals surface area contributed by atoms with Crippen molar-refractivity contribution in [3.05, 3.63) is 52.8 Å². The molecule has 24 heavy (non-hydrogen) atoms. The first kappa shape index (κ1) is 15.4. The molecule has 2 aromatic rings. The molecule has 1 aliphatic carbocycles. The zero-order valence-electron chi connectivity index (χ0n) is 13.9. The molecule has 2 heterocycles. The van der Waals surface area contributed by atoms with Crippen LogP contribution in [0.15, 0.2) is 30.3 Å². The highest BCUT2D eigenvalue weighted by Crippen LogP contribution is 2.32. The standard InChI is InChI=1S/C19H24N4O/c24-19(21-11-8-14-4-2-1-3-5-14)18-16-12-20-10-9-17(16)23(22-18)13-15-6-7-15/h1-5,15,20H,6-13H2,(H,21,24). The summed E-state index contributed by atoms with van der Waals surface area (Å²) in [7, 11) is 0. The third-order valence-electron chi connectivity index (χ3n) is 4.89. The van der Waals surface area contributed by atoms with Crippen LogP contribution in [0.3, 0.4) is 0 Å². The summed E-state index contributed by atoms with van der Waals surface area (Å²) in [6.45, 7) is 3.33. The van der Waals surface area contributed by atoms with Crippen molar-refractivity contribution < 1.29 is 4.79 Å². The van der Waals surface area contributed by atoms with Crippen molar-refractivity contribution in [1.82, 2.24) is 20.4 Å². The van der Waals surface area contributed by atoms with Gasteiger partial charge in [-0.3, -0.25) is 9.48 Å². The van der Waals surface area contributed by atoms with Crippen LogP contribution in [-0.2, 0) is 25.9 Å². The lowest BCUT2D eigenvalue weighted by Gasteiger charge is -2.15. The van der Waals surface area contributed by atoms with Gasteiger partial charge in [0.15, 0.2) is 5.69 Å². The molecule has 126 valence electrons. The molecule has 2 N–H and O–H groups in total. The highest BCUT2D eigenvalue weighted by molar-refractivity contribution is 5.94. The van der Waals surface area contributed by atoms with Crippen molar-refractivity contribution in [2.75, 3.05) is 13.1 Å². The number of nitrogens with one attached hydrogen (secondary N) is 2. The van der Waals surface area contributed by atoms with E-state index in [2.05, 4.69) is 32.5 Å². The quantitative estimate of drug-likeness (QED) is 0.853. The average molecular weight is 324 g/mol. The van der Waals surface area contributed by atoms with Gasteiger partial charge >= 0.3 is 0 Å². The Kier molecular flexibility index (Phi) is 4.34. The zero-order chi connectivity index (χ0) is 16.4. The van der Waals surface area contributed by atoms with Crippen LogP contribution >= 0.6 is 0 Å². The van der Waals surface area contributed by atoms with E-state index < -0.39 is 0 Å². The monoisotopic (exact) mass is 324 g/mol. The Bertz CT molecular complexity index is 718. The molecule has 4 rings (SSSR count). The molecule has 0 radical (unpaired) electrons. The van der Waals surface area contributed by atoms with Gasteiger partial charge in [-0.2, -0.15) is 5.10 Å². The average Bonchev–Trinajstić information content (AvgIpc) is 3.36. The lowest BCUT2D eigenvalue weighted by atomic mass is 10.1. The fraction of sp³-hybridized carbons (Fsp3) is 0.474. The van der Waals surface area contributed by atoms with Gasteiger partial charge in [-0.25, -0.2) is 0 Å². The number of carbonyl (C=O) groups excluding carboxylic acids is 1. The molecule has 1 aliphatic heterocycles. The molecule has 0 spiro atoms. The molecule has 2 aliphatic rings. The fourth-order valence-electron chi connectivity index (χ4n) is 3.35. The summed E-state index contributed by atoms with van der Waals surface area (Å²) in [5.41, 5.74) is 4.21. The molecule has 1 amide bonds. The summed E-state index contributed by atoms with van der Waals surface area (Å²) < 4.78 is 2.10. The van der Waals surface area contributed by atoms with E-state index in [-0.39, 0.29) is 5.91 Å². The molecule has 1 aromatic carbocycles. The molecule has 1 aromatic heterocycles. The van der Waals surface area contributed by atoms with E-state index in [1.807, 2.05) is 18.2 Å². The number of nitrogens with zero attached hydrogens (tertiary/aromatic N) is 2. The first-order valence-electron chi connectivity index (χ1n) is 8.92. The first-order chi connectivity index (χ1) is 11.8. The summed E-state index contributed by atoms with van der Waals surface area (Å²) >= 11 is 0. The van der Waals surface area contributed by atoms with Crippen molar-refractivity contribution in [2.24, 2.45) is 5.92 Å². The summed E-state index contributed by atoms with van der Waals surface area (Å²) in [5.74, 6) is 0.721. The van der Waals surface area contributed by atoms with Gasteiger partial charge in [-0.15, -0.1) is 0 Å². The Morgan fingerprint density at radius 3 is 2.92 bits per heavy atom. The molecule has 5 nitrogen and oxygen atoms in total.